The maximum atomic E-state index is 13.5. The molecule has 8 heteroatoms. The zero-order valence-corrected chi connectivity index (χ0v) is 22.8. The SMILES string of the molecule is COc1ccc(Br)cc1S(=O)(=O)N[C@H]1CC[C@H]2[C@@H]3CC[C@H]4N(C)C(=O)C=C[C@]4(C)[C@H]3CC[C@]12C. The first-order valence-electron chi connectivity index (χ1n) is 12.3. The van der Waals surface area contributed by atoms with Crippen LogP contribution in [0.3, 0.4) is 0 Å². The molecule has 1 amide bonds. The van der Waals surface area contributed by atoms with Gasteiger partial charge in [0.15, 0.2) is 0 Å². The number of sulfonamides is 1. The highest BCUT2D eigenvalue weighted by Gasteiger charge is 2.60. The Morgan fingerprint density at radius 3 is 2.62 bits per heavy atom. The van der Waals surface area contributed by atoms with E-state index >= 15 is 0 Å². The molecular weight excluding hydrogens is 516 g/mol. The van der Waals surface area contributed by atoms with Gasteiger partial charge in [0.1, 0.15) is 10.6 Å². The van der Waals surface area contributed by atoms with Crippen LogP contribution in [0.4, 0.5) is 0 Å². The van der Waals surface area contributed by atoms with Crippen LogP contribution in [-0.2, 0) is 14.8 Å². The summed E-state index contributed by atoms with van der Waals surface area (Å²) < 4.78 is 36.1. The average molecular weight is 552 g/mol. The van der Waals surface area contributed by atoms with E-state index in [1.807, 2.05) is 11.9 Å². The molecular formula is C26H35BrN2O4S. The van der Waals surface area contributed by atoms with Gasteiger partial charge in [0.05, 0.1) is 7.11 Å². The van der Waals surface area contributed by atoms with Crippen LogP contribution in [0.2, 0.25) is 0 Å². The van der Waals surface area contributed by atoms with E-state index in [0.717, 1.165) is 38.5 Å². The highest BCUT2D eigenvalue weighted by atomic mass is 79.9. The van der Waals surface area contributed by atoms with Crippen molar-refractivity contribution in [3.05, 3.63) is 34.8 Å². The Balaban J connectivity index is 1.41. The molecule has 34 heavy (non-hydrogen) atoms. The number of carbonyl (C=O) groups is 1. The van der Waals surface area contributed by atoms with Crippen LogP contribution in [0.15, 0.2) is 39.7 Å². The van der Waals surface area contributed by atoms with E-state index in [0.29, 0.717) is 28.0 Å². The molecule has 3 fully saturated rings. The van der Waals surface area contributed by atoms with Crippen molar-refractivity contribution < 1.29 is 17.9 Å². The van der Waals surface area contributed by atoms with Gasteiger partial charge in [-0.1, -0.05) is 35.9 Å². The number of fused-ring (bicyclic) bond motifs is 5. The van der Waals surface area contributed by atoms with Crippen molar-refractivity contribution in [1.29, 1.82) is 0 Å². The van der Waals surface area contributed by atoms with E-state index in [-0.39, 0.29) is 33.7 Å². The molecule has 0 saturated heterocycles. The molecule has 0 bridgehead atoms. The quantitative estimate of drug-likeness (QED) is 0.587. The number of halogens is 1. The maximum absolute atomic E-state index is 13.5. The molecule has 1 heterocycles. The molecule has 1 aliphatic heterocycles. The molecule has 4 aliphatic rings. The number of likely N-dealkylation sites (N-methyl/N-ethyl adjacent to an activating group) is 1. The molecule has 3 aliphatic carbocycles. The summed E-state index contributed by atoms with van der Waals surface area (Å²) in [6.07, 6.45) is 10.0. The van der Waals surface area contributed by atoms with Crippen molar-refractivity contribution in [2.75, 3.05) is 14.2 Å². The molecule has 186 valence electrons. The molecule has 1 aromatic carbocycles. The van der Waals surface area contributed by atoms with Crippen LogP contribution >= 0.6 is 15.9 Å². The smallest absolute Gasteiger partial charge is 0.246 e. The van der Waals surface area contributed by atoms with E-state index in [9.17, 15) is 13.2 Å². The number of hydrogen-bond donors (Lipinski definition) is 1. The van der Waals surface area contributed by atoms with Crippen molar-refractivity contribution >= 4 is 31.9 Å². The Labute approximate surface area is 211 Å². The van der Waals surface area contributed by atoms with Gasteiger partial charge < -0.3 is 9.64 Å². The summed E-state index contributed by atoms with van der Waals surface area (Å²) in [5, 5.41) is 0. The third-order valence-corrected chi connectivity index (χ3v) is 11.8. The van der Waals surface area contributed by atoms with Gasteiger partial charge in [-0.25, -0.2) is 13.1 Å². The second kappa shape index (κ2) is 8.34. The van der Waals surface area contributed by atoms with Gasteiger partial charge in [-0.15, -0.1) is 0 Å². The predicted molar refractivity (Wildman–Crippen MR) is 135 cm³/mol. The summed E-state index contributed by atoms with van der Waals surface area (Å²) >= 11 is 3.40. The largest absolute Gasteiger partial charge is 0.495 e. The number of methoxy groups -OCH3 is 1. The number of hydrogen-bond acceptors (Lipinski definition) is 4. The van der Waals surface area contributed by atoms with Crippen LogP contribution in [0.25, 0.3) is 0 Å². The number of carbonyl (C=O) groups excluding carboxylic acids is 1. The lowest BCUT2D eigenvalue weighted by molar-refractivity contribution is -0.138. The minimum Gasteiger partial charge on any atom is -0.495 e. The van der Waals surface area contributed by atoms with Crippen molar-refractivity contribution in [3.63, 3.8) is 0 Å². The van der Waals surface area contributed by atoms with Gasteiger partial charge in [-0.05, 0) is 86.0 Å². The van der Waals surface area contributed by atoms with Gasteiger partial charge in [-0.3, -0.25) is 4.79 Å². The van der Waals surface area contributed by atoms with E-state index in [2.05, 4.69) is 40.6 Å². The summed E-state index contributed by atoms with van der Waals surface area (Å²) in [5.74, 6) is 2.03. The van der Waals surface area contributed by atoms with E-state index < -0.39 is 10.0 Å². The normalized spacial score (nSPS) is 39.4. The third kappa shape index (κ3) is 3.58. The van der Waals surface area contributed by atoms with Crippen LogP contribution < -0.4 is 9.46 Å². The van der Waals surface area contributed by atoms with Crippen LogP contribution in [0, 0.1) is 28.6 Å². The highest BCUT2D eigenvalue weighted by Crippen LogP contribution is 2.64. The van der Waals surface area contributed by atoms with Crippen LogP contribution in [0.1, 0.15) is 52.4 Å². The Morgan fingerprint density at radius 2 is 1.88 bits per heavy atom. The zero-order valence-electron chi connectivity index (χ0n) is 20.4. The fourth-order valence-corrected chi connectivity index (χ4v) is 10.1. The number of nitrogens with zero attached hydrogens (tertiary/aromatic N) is 1. The summed E-state index contributed by atoms with van der Waals surface area (Å²) in [4.78, 5) is 14.4. The predicted octanol–water partition coefficient (Wildman–Crippen LogP) is 4.74. The molecule has 1 aromatic rings. The van der Waals surface area contributed by atoms with Gasteiger partial charge in [0.2, 0.25) is 15.9 Å². The molecule has 5 rings (SSSR count). The Bertz CT molecular complexity index is 1140. The van der Waals surface area contributed by atoms with Gasteiger partial charge >= 0.3 is 0 Å². The monoisotopic (exact) mass is 550 g/mol. The van der Waals surface area contributed by atoms with E-state index in [4.69, 9.17) is 4.74 Å². The molecule has 0 spiro atoms. The Hall–Kier alpha value is -1.38. The third-order valence-electron chi connectivity index (χ3n) is 9.84. The first-order valence-corrected chi connectivity index (χ1v) is 14.6. The zero-order chi connectivity index (χ0) is 24.5. The van der Waals surface area contributed by atoms with Crippen LogP contribution in [0.5, 0.6) is 5.75 Å². The molecule has 0 aromatic heterocycles. The number of amides is 1. The average Bonchev–Trinajstić information content (AvgIpc) is 3.12. The summed E-state index contributed by atoms with van der Waals surface area (Å²) in [6, 6.07) is 5.25. The van der Waals surface area contributed by atoms with Crippen molar-refractivity contribution in [1.82, 2.24) is 9.62 Å². The molecule has 6 nitrogen and oxygen atoms in total. The van der Waals surface area contributed by atoms with E-state index in [1.54, 1.807) is 24.3 Å². The summed E-state index contributed by atoms with van der Waals surface area (Å²) in [6.45, 7) is 4.64. The second-order valence-electron chi connectivity index (χ2n) is 11.2. The molecule has 7 atom stereocenters. The first kappa shape index (κ1) is 24.3. The fraction of sp³-hybridized carbons (Fsp3) is 0.654. The number of benzene rings is 1. The molecule has 1 N–H and O–H groups in total. The fourth-order valence-electron chi connectivity index (χ4n) is 8.04. The maximum Gasteiger partial charge on any atom is 0.246 e. The second-order valence-corrected chi connectivity index (χ2v) is 13.8. The standard InChI is InChI=1S/C26H35BrN2O4S/c1-25-13-11-19-17(6-10-23-26(19,2)14-12-24(30)29(23)3)18(25)7-9-22(25)28-34(31,32)21-15-16(27)5-8-20(21)33-4/h5,8,12,14-15,17-19,22-23,28H,6-7,9-11,13H2,1-4H3/t17-,18-,19-,22-,23+,25-,26+/m0/s1. The van der Waals surface area contributed by atoms with Crippen LogP contribution in [-0.4, -0.2) is 45.5 Å². The van der Waals surface area contributed by atoms with Gasteiger partial charge in [0, 0.05) is 29.0 Å². The van der Waals surface area contributed by atoms with Crippen molar-refractivity contribution in [2.45, 2.75) is 69.4 Å². The number of rotatable bonds is 4. The van der Waals surface area contributed by atoms with Crippen molar-refractivity contribution in [3.8, 4) is 5.75 Å². The molecule has 0 unspecified atom stereocenters. The molecule has 0 radical (unpaired) electrons. The first-order chi connectivity index (χ1) is 16.0. The lowest BCUT2D eigenvalue weighted by Gasteiger charge is -2.60. The summed E-state index contributed by atoms with van der Waals surface area (Å²) in [5.41, 5.74) is -0.0784. The molecule has 3 saturated carbocycles. The minimum atomic E-state index is -3.73. The lowest BCUT2D eigenvalue weighted by atomic mass is 9.48. The highest BCUT2D eigenvalue weighted by molar-refractivity contribution is 9.10. The minimum absolute atomic E-state index is 0.00577. The van der Waals surface area contributed by atoms with E-state index in [1.165, 1.54) is 7.11 Å². The topological polar surface area (TPSA) is 75.7 Å². The van der Waals surface area contributed by atoms with Gasteiger partial charge in [0.25, 0.3) is 0 Å². The number of ether oxygens (including phenoxy) is 1. The lowest BCUT2D eigenvalue weighted by Crippen LogP contribution is -2.60. The summed E-state index contributed by atoms with van der Waals surface area (Å²) in [7, 11) is -0.291. The number of nitrogens with one attached hydrogen (secondary N) is 1. The van der Waals surface area contributed by atoms with Crippen molar-refractivity contribution in [2.24, 2.45) is 28.6 Å². The Kier molecular flexibility index (Phi) is 5.97. The Morgan fingerprint density at radius 1 is 1.12 bits per heavy atom. The van der Waals surface area contributed by atoms with Gasteiger partial charge in [-0.2, -0.15) is 0 Å².